The number of aromatic nitrogens is 4. The van der Waals surface area contributed by atoms with Gasteiger partial charge in [-0.25, -0.2) is 0 Å². The van der Waals surface area contributed by atoms with Crippen molar-refractivity contribution in [3.63, 3.8) is 0 Å². The van der Waals surface area contributed by atoms with Crippen LogP contribution < -0.4 is 0 Å². The third-order valence-electron chi connectivity index (χ3n) is 4.16. The molecule has 3 rings (SSSR count). The molecule has 0 aliphatic rings. The molecule has 0 saturated heterocycles. The highest BCUT2D eigenvalue weighted by Gasteiger charge is 2.21. The average Bonchev–Trinajstić information content (AvgIpc) is 2.92. The van der Waals surface area contributed by atoms with Gasteiger partial charge in [0, 0.05) is 24.4 Å². The van der Waals surface area contributed by atoms with Gasteiger partial charge in [0.15, 0.2) is 5.78 Å². The number of nitrogens with zero attached hydrogens (tertiary/aromatic N) is 4. The van der Waals surface area contributed by atoms with Crippen molar-refractivity contribution in [3.8, 4) is 11.3 Å². The lowest BCUT2D eigenvalue weighted by Gasteiger charge is -2.19. The molecule has 0 saturated carbocycles. The number of rotatable bonds is 4. The van der Waals surface area contributed by atoms with Gasteiger partial charge < -0.3 is 5.11 Å². The van der Waals surface area contributed by atoms with Gasteiger partial charge in [0.2, 0.25) is 0 Å². The Hall–Kier alpha value is -2.60. The van der Waals surface area contributed by atoms with Crippen molar-refractivity contribution in [1.29, 1.82) is 0 Å². The van der Waals surface area contributed by atoms with Crippen LogP contribution in [0.25, 0.3) is 22.2 Å². The Bertz CT molecular complexity index is 966. The number of aliphatic hydroxyl groups excluding tert-OH is 1. The number of hydrogen-bond acceptors (Lipinski definition) is 5. The number of aryl methyl sites for hydroxylation is 1. The molecule has 2 aromatic heterocycles. The molecule has 6 nitrogen and oxygen atoms in total. The third kappa shape index (κ3) is 3.51. The van der Waals surface area contributed by atoms with Crippen molar-refractivity contribution in [2.45, 2.75) is 47.8 Å². The van der Waals surface area contributed by atoms with Crippen molar-refractivity contribution in [2.75, 3.05) is 0 Å². The first-order chi connectivity index (χ1) is 12.2. The van der Waals surface area contributed by atoms with E-state index >= 15 is 0 Å². The van der Waals surface area contributed by atoms with Gasteiger partial charge in [-0.1, -0.05) is 20.8 Å². The van der Waals surface area contributed by atoms with E-state index in [9.17, 15) is 4.79 Å². The van der Waals surface area contributed by atoms with Gasteiger partial charge in [0.25, 0.3) is 0 Å². The molecule has 2 heterocycles. The molecule has 0 atom stereocenters. The molecule has 0 fully saturated rings. The molecule has 6 heteroatoms. The van der Waals surface area contributed by atoms with Gasteiger partial charge in [-0.15, -0.1) is 0 Å². The molecular formula is C20H24N4O2. The van der Waals surface area contributed by atoms with E-state index in [0.29, 0.717) is 17.1 Å². The topological polar surface area (TPSA) is 80.9 Å². The van der Waals surface area contributed by atoms with Gasteiger partial charge in [0.1, 0.15) is 5.69 Å². The molecule has 3 aromatic rings. The van der Waals surface area contributed by atoms with Gasteiger partial charge in [-0.05, 0) is 30.0 Å². The summed E-state index contributed by atoms with van der Waals surface area (Å²) in [7, 11) is 0. The van der Waals surface area contributed by atoms with Crippen LogP contribution in [0.5, 0.6) is 0 Å². The standard InChI is InChI=1S/C20H24N4O2/c1-12-6-14(17-9-21-15(10-25)8-22-17)7-16-18(13(2)26)23-24(19(12)16)11-20(3,4)5/h6-9,25H,10-11H2,1-5H3. The zero-order valence-electron chi connectivity index (χ0n) is 15.9. The highest BCUT2D eigenvalue weighted by molar-refractivity contribution is 6.06. The van der Waals surface area contributed by atoms with Crippen LogP contribution in [0, 0.1) is 12.3 Å². The summed E-state index contributed by atoms with van der Waals surface area (Å²) in [6, 6.07) is 3.99. The Morgan fingerprint density at radius 1 is 1.19 bits per heavy atom. The molecule has 0 aliphatic carbocycles. The van der Waals surface area contributed by atoms with Crippen LogP contribution in [0.15, 0.2) is 24.5 Å². The molecule has 0 spiro atoms. The summed E-state index contributed by atoms with van der Waals surface area (Å²) in [5.74, 6) is -0.0547. The summed E-state index contributed by atoms with van der Waals surface area (Å²) in [6.07, 6.45) is 3.20. The lowest BCUT2D eigenvalue weighted by molar-refractivity contribution is 0.101. The number of aliphatic hydroxyl groups is 1. The van der Waals surface area contributed by atoms with Crippen LogP contribution in [0.1, 0.15) is 49.4 Å². The first kappa shape index (κ1) is 18.2. The molecule has 0 aliphatic heterocycles. The number of fused-ring (bicyclic) bond motifs is 1. The highest BCUT2D eigenvalue weighted by atomic mass is 16.3. The van der Waals surface area contributed by atoms with Gasteiger partial charge in [0.05, 0.1) is 35.9 Å². The second-order valence-electron chi connectivity index (χ2n) is 7.86. The zero-order valence-corrected chi connectivity index (χ0v) is 15.9. The SMILES string of the molecule is CC(=O)c1nn(CC(C)(C)C)c2c(C)cc(-c3cnc(CO)cn3)cc12. The van der Waals surface area contributed by atoms with E-state index in [4.69, 9.17) is 5.11 Å². The average molecular weight is 352 g/mol. The minimum atomic E-state index is -0.139. The maximum Gasteiger partial charge on any atom is 0.180 e. The Kier molecular flexibility index (Phi) is 4.63. The minimum absolute atomic E-state index is 0.0454. The largest absolute Gasteiger partial charge is 0.390 e. The van der Waals surface area contributed by atoms with E-state index in [1.54, 1.807) is 19.3 Å². The smallest absolute Gasteiger partial charge is 0.180 e. The van der Waals surface area contributed by atoms with Crippen LogP contribution in [-0.2, 0) is 13.2 Å². The summed E-state index contributed by atoms with van der Waals surface area (Å²) in [6.45, 7) is 10.6. The molecule has 0 bridgehead atoms. The molecule has 0 radical (unpaired) electrons. The highest BCUT2D eigenvalue weighted by Crippen LogP contribution is 2.30. The van der Waals surface area contributed by atoms with Gasteiger partial charge in [-0.2, -0.15) is 5.10 Å². The number of hydrogen-bond donors (Lipinski definition) is 1. The van der Waals surface area contributed by atoms with Crippen LogP contribution in [0.3, 0.4) is 0 Å². The molecule has 26 heavy (non-hydrogen) atoms. The van der Waals surface area contributed by atoms with Crippen LogP contribution in [0.4, 0.5) is 0 Å². The van der Waals surface area contributed by atoms with Crippen LogP contribution in [-0.4, -0.2) is 30.6 Å². The van der Waals surface area contributed by atoms with Crippen LogP contribution in [0.2, 0.25) is 0 Å². The third-order valence-corrected chi connectivity index (χ3v) is 4.16. The van der Waals surface area contributed by atoms with Crippen LogP contribution >= 0.6 is 0 Å². The predicted molar refractivity (Wildman–Crippen MR) is 101 cm³/mol. The fourth-order valence-electron chi connectivity index (χ4n) is 3.08. The normalized spacial score (nSPS) is 11.9. The second-order valence-corrected chi connectivity index (χ2v) is 7.86. The maximum atomic E-state index is 12.1. The molecular weight excluding hydrogens is 328 g/mol. The maximum absolute atomic E-state index is 12.1. The summed E-state index contributed by atoms with van der Waals surface area (Å²) in [5, 5.41) is 14.6. The molecule has 0 amide bonds. The predicted octanol–water partition coefficient (Wildman–Crippen LogP) is 3.54. The lowest BCUT2D eigenvalue weighted by atomic mass is 9.96. The van der Waals surface area contributed by atoms with Crippen molar-refractivity contribution in [2.24, 2.45) is 5.41 Å². The van der Waals surface area contributed by atoms with Gasteiger partial charge >= 0.3 is 0 Å². The number of carbonyl (C=O) groups excluding carboxylic acids is 1. The number of carbonyl (C=O) groups is 1. The summed E-state index contributed by atoms with van der Waals surface area (Å²) in [4.78, 5) is 20.7. The van der Waals surface area contributed by atoms with Crippen molar-refractivity contribution in [3.05, 3.63) is 41.5 Å². The first-order valence-electron chi connectivity index (χ1n) is 8.64. The Morgan fingerprint density at radius 2 is 1.92 bits per heavy atom. The summed E-state index contributed by atoms with van der Waals surface area (Å²) in [5.41, 5.74) is 4.64. The van der Waals surface area contributed by atoms with E-state index in [1.807, 2.05) is 23.7 Å². The quantitative estimate of drug-likeness (QED) is 0.726. The Labute approximate surface area is 152 Å². The minimum Gasteiger partial charge on any atom is -0.390 e. The zero-order chi connectivity index (χ0) is 19.1. The fraction of sp³-hybridized carbons (Fsp3) is 0.400. The Morgan fingerprint density at radius 3 is 2.46 bits per heavy atom. The van der Waals surface area contributed by atoms with Crippen molar-refractivity contribution in [1.82, 2.24) is 19.7 Å². The number of Topliss-reactive ketones (excluding diaryl/α,β-unsaturated/α-hetero) is 1. The second kappa shape index (κ2) is 6.61. The van der Waals surface area contributed by atoms with E-state index in [0.717, 1.165) is 28.6 Å². The van der Waals surface area contributed by atoms with E-state index < -0.39 is 0 Å². The first-order valence-corrected chi connectivity index (χ1v) is 8.64. The monoisotopic (exact) mass is 352 g/mol. The lowest BCUT2D eigenvalue weighted by Crippen LogP contribution is -2.17. The van der Waals surface area contributed by atoms with E-state index in [1.165, 1.54) is 0 Å². The number of benzene rings is 1. The molecule has 0 unspecified atom stereocenters. The summed E-state index contributed by atoms with van der Waals surface area (Å²) >= 11 is 0. The molecule has 136 valence electrons. The molecule has 1 N–H and O–H groups in total. The van der Waals surface area contributed by atoms with E-state index in [2.05, 4.69) is 35.8 Å². The molecule has 1 aromatic carbocycles. The van der Waals surface area contributed by atoms with E-state index in [-0.39, 0.29) is 17.8 Å². The summed E-state index contributed by atoms with van der Waals surface area (Å²) < 4.78 is 1.94. The van der Waals surface area contributed by atoms with Gasteiger partial charge in [-0.3, -0.25) is 19.4 Å². The number of ketones is 1. The Balaban J connectivity index is 2.20. The fourth-order valence-corrected chi connectivity index (χ4v) is 3.08. The van der Waals surface area contributed by atoms with Crippen molar-refractivity contribution < 1.29 is 9.90 Å². The van der Waals surface area contributed by atoms with Crippen molar-refractivity contribution >= 4 is 16.7 Å².